The number of rotatable bonds is 6. The van der Waals surface area contributed by atoms with Crippen LogP contribution in [-0.2, 0) is 17.8 Å². The van der Waals surface area contributed by atoms with Crippen LogP contribution in [0.2, 0.25) is 0 Å². The van der Waals surface area contributed by atoms with E-state index in [1.165, 1.54) is 11.1 Å². The van der Waals surface area contributed by atoms with Gasteiger partial charge < -0.3 is 15.0 Å². The number of amides is 1. The minimum Gasteiger partial charge on any atom is -0.489 e. The van der Waals surface area contributed by atoms with Gasteiger partial charge in [-0.1, -0.05) is 36.4 Å². The van der Waals surface area contributed by atoms with Crippen molar-refractivity contribution in [3.8, 4) is 5.75 Å². The molecule has 4 heteroatoms. The standard InChI is InChI=1S/C21H26N2O2/c1-16-6-3-4-8-18(16)15-25-20-9-5-7-17(12-20)13-21(24)23(2)19-10-11-22-14-19/h3-9,12,19,22H,10-11,13-15H2,1-2H3. The van der Waals surface area contributed by atoms with Gasteiger partial charge in [-0.25, -0.2) is 0 Å². The van der Waals surface area contributed by atoms with Gasteiger partial charge in [0.05, 0.1) is 6.42 Å². The molecule has 0 aliphatic carbocycles. The summed E-state index contributed by atoms with van der Waals surface area (Å²) in [4.78, 5) is 14.4. The fraction of sp³-hybridized carbons (Fsp3) is 0.381. The maximum atomic E-state index is 12.5. The number of nitrogens with zero attached hydrogens (tertiary/aromatic N) is 1. The van der Waals surface area contributed by atoms with E-state index < -0.39 is 0 Å². The molecule has 3 rings (SSSR count). The zero-order chi connectivity index (χ0) is 17.6. The van der Waals surface area contributed by atoms with Gasteiger partial charge in [0.25, 0.3) is 0 Å². The maximum absolute atomic E-state index is 12.5. The third kappa shape index (κ3) is 4.60. The second kappa shape index (κ2) is 8.17. The molecular weight excluding hydrogens is 312 g/mol. The van der Waals surface area contributed by atoms with Crippen molar-refractivity contribution < 1.29 is 9.53 Å². The lowest BCUT2D eigenvalue weighted by molar-refractivity contribution is -0.130. The number of ether oxygens (including phenoxy) is 1. The van der Waals surface area contributed by atoms with E-state index in [1.54, 1.807) is 0 Å². The molecule has 0 spiro atoms. The molecule has 0 saturated carbocycles. The number of hydrogen-bond acceptors (Lipinski definition) is 3. The highest BCUT2D eigenvalue weighted by Gasteiger charge is 2.23. The maximum Gasteiger partial charge on any atom is 0.227 e. The molecule has 1 atom stereocenters. The number of nitrogens with one attached hydrogen (secondary N) is 1. The molecule has 1 aliphatic heterocycles. The molecule has 4 nitrogen and oxygen atoms in total. The summed E-state index contributed by atoms with van der Waals surface area (Å²) < 4.78 is 5.92. The normalized spacial score (nSPS) is 16.6. The molecule has 1 heterocycles. The number of carbonyl (C=O) groups is 1. The average molecular weight is 338 g/mol. The minimum absolute atomic E-state index is 0.157. The van der Waals surface area contributed by atoms with Gasteiger partial charge in [0.15, 0.2) is 0 Å². The first-order valence-electron chi connectivity index (χ1n) is 8.86. The van der Waals surface area contributed by atoms with Gasteiger partial charge in [-0.15, -0.1) is 0 Å². The number of aryl methyl sites for hydroxylation is 1. The molecule has 25 heavy (non-hydrogen) atoms. The molecule has 1 unspecified atom stereocenters. The molecule has 0 aromatic heterocycles. The summed E-state index contributed by atoms with van der Waals surface area (Å²) in [5.74, 6) is 0.962. The third-order valence-electron chi connectivity index (χ3n) is 4.88. The second-order valence-electron chi connectivity index (χ2n) is 6.69. The number of carbonyl (C=O) groups excluding carboxylic acids is 1. The SMILES string of the molecule is Cc1ccccc1COc1cccc(CC(=O)N(C)C2CCNC2)c1. The Bertz CT molecular complexity index is 723. The largest absolute Gasteiger partial charge is 0.489 e. The summed E-state index contributed by atoms with van der Waals surface area (Å²) in [6, 6.07) is 16.4. The van der Waals surface area contributed by atoms with Gasteiger partial charge in [-0.05, 0) is 48.7 Å². The van der Waals surface area contributed by atoms with Crippen LogP contribution in [0.15, 0.2) is 48.5 Å². The molecule has 1 saturated heterocycles. The predicted octanol–water partition coefficient (Wildman–Crippen LogP) is 2.94. The highest BCUT2D eigenvalue weighted by molar-refractivity contribution is 5.79. The van der Waals surface area contributed by atoms with Crippen LogP contribution < -0.4 is 10.1 Å². The molecule has 2 aromatic rings. The Kier molecular flexibility index (Phi) is 5.71. The van der Waals surface area contributed by atoms with E-state index in [0.717, 1.165) is 30.8 Å². The molecule has 2 aromatic carbocycles. The minimum atomic E-state index is 0.157. The first-order chi connectivity index (χ1) is 12.1. The average Bonchev–Trinajstić information content (AvgIpc) is 3.15. The van der Waals surface area contributed by atoms with Gasteiger partial charge in [-0.2, -0.15) is 0 Å². The first-order valence-corrected chi connectivity index (χ1v) is 8.86. The van der Waals surface area contributed by atoms with E-state index in [9.17, 15) is 4.79 Å². The van der Waals surface area contributed by atoms with E-state index in [4.69, 9.17) is 4.74 Å². The molecule has 132 valence electrons. The lowest BCUT2D eigenvalue weighted by Crippen LogP contribution is -2.39. The fourth-order valence-electron chi connectivity index (χ4n) is 3.15. The van der Waals surface area contributed by atoms with Crippen LogP contribution in [0.1, 0.15) is 23.1 Å². The summed E-state index contributed by atoms with van der Waals surface area (Å²) in [6.07, 6.45) is 1.44. The number of benzene rings is 2. The molecule has 1 amide bonds. The first kappa shape index (κ1) is 17.5. The Labute approximate surface area is 149 Å². The topological polar surface area (TPSA) is 41.6 Å². The lowest BCUT2D eigenvalue weighted by Gasteiger charge is -2.23. The van der Waals surface area contributed by atoms with Crippen molar-refractivity contribution in [3.05, 3.63) is 65.2 Å². The van der Waals surface area contributed by atoms with Crippen LogP contribution in [0.4, 0.5) is 0 Å². The lowest BCUT2D eigenvalue weighted by atomic mass is 10.1. The predicted molar refractivity (Wildman–Crippen MR) is 99.7 cm³/mol. The summed E-state index contributed by atoms with van der Waals surface area (Å²) in [6.45, 7) is 4.51. The van der Waals surface area contributed by atoms with Crippen LogP contribution in [-0.4, -0.2) is 37.0 Å². The van der Waals surface area contributed by atoms with Crippen molar-refractivity contribution in [3.63, 3.8) is 0 Å². The Balaban J connectivity index is 1.59. The van der Waals surface area contributed by atoms with Gasteiger partial charge in [0.2, 0.25) is 5.91 Å². The van der Waals surface area contributed by atoms with E-state index in [2.05, 4.69) is 24.4 Å². The van der Waals surface area contributed by atoms with E-state index in [1.807, 2.05) is 48.3 Å². The Morgan fingerprint density at radius 3 is 2.84 bits per heavy atom. The van der Waals surface area contributed by atoms with Crippen LogP contribution >= 0.6 is 0 Å². The van der Waals surface area contributed by atoms with Crippen LogP contribution in [0, 0.1) is 6.92 Å². The van der Waals surface area contributed by atoms with Crippen molar-refractivity contribution in [1.29, 1.82) is 0 Å². The smallest absolute Gasteiger partial charge is 0.227 e. The zero-order valence-corrected chi connectivity index (χ0v) is 15.0. The van der Waals surface area contributed by atoms with E-state index in [-0.39, 0.29) is 5.91 Å². The van der Waals surface area contributed by atoms with Gasteiger partial charge in [0.1, 0.15) is 12.4 Å². The Morgan fingerprint density at radius 1 is 1.24 bits per heavy atom. The molecule has 0 radical (unpaired) electrons. The van der Waals surface area contributed by atoms with Crippen molar-refractivity contribution >= 4 is 5.91 Å². The molecule has 1 aliphatic rings. The molecular formula is C21H26N2O2. The zero-order valence-electron chi connectivity index (χ0n) is 15.0. The summed E-state index contributed by atoms with van der Waals surface area (Å²) in [7, 11) is 1.90. The Hall–Kier alpha value is -2.33. The van der Waals surface area contributed by atoms with Crippen LogP contribution in [0.3, 0.4) is 0 Å². The highest BCUT2D eigenvalue weighted by atomic mass is 16.5. The summed E-state index contributed by atoms with van der Waals surface area (Å²) in [5, 5.41) is 3.30. The van der Waals surface area contributed by atoms with Crippen LogP contribution in [0.25, 0.3) is 0 Å². The Morgan fingerprint density at radius 2 is 2.08 bits per heavy atom. The molecule has 1 N–H and O–H groups in total. The quantitative estimate of drug-likeness (QED) is 0.880. The number of likely N-dealkylation sites (N-methyl/N-ethyl adjacent to an activating group) is 1. The molecule has 1 fully saturated rings. The molecule has 0 bridgehead atoms. The van der Waals surface area contributed by atoms with Crippen LogP contribution in [0.5, 0.6) is 5.75 Å². The number of hydrogen-bond donors (Lipinski definition) is 1. The van der Waals surface area contributed by atoms with Gasteiger partial charge >= 0.3 is 0 Å². The summed E-state index contributed by atoms with van der Waals surface area (Å²) >= 11 is 0. The third-order valence-corrected chi connectivity index (χ3v) is 4.88. The highest BCUT2D eigenvalue weighted by Crippen LogP contribution is 2.18. The van der Waals surface area contributed by atoms with E-state index in [0.29, 0.717) is 19.1 Å². The van der Waals surface area contributed by atoms with Crippen molar-refractivity contribution in [2.75, 3.05) is 20.1 Å². The van der Waals surface area contributed by atoms with Crippen molar-refractivity contribution in [2.45, 2.75) is 32.4 Å². The van der Waals surface area contributed by atoms with E-state index >= 15 is 0 Å². The van der Waals surface area contributed by atoms with Gasteiger partial charge in [0, 0.05) is 19.6 Å². The fourth-order valence-corrected chi connectivity index (χ4v) is 3.15. The second-order valence-corrected chi connectivity index (χ2v) is 6.69. The monoisotopic (exact) mass is 338 g/mol. The van der Waals surface area contributed by atoms with Crippen molar-refractivity contribution in [1.82, 2.24) is 10.2 Å². The van der Waals surface area contributed by atoms with Crippen molar-refractivity contribution in [2.24, 2.45) is 0 Å². The van der Waals surface area contributed by atoms with Gasteiger partial charge in [-0.3, -0.25) is 4.79 Å². The summed E-state index contributed by atoms with van der Waals surface area (Å²) in [5.41, 5.74) is 3.39.